The number of nitrogens with one attached hydrogen (secondary N) is 1. The van der Waals surface area contributed by atoms with Crippen LogP contribution in [0.5, 0.6) is 5.75 Å². The van der Waals surface area contributed by atoms with E-state index in [2.05, 4.69) is 67.1 Å². The number of benzene rings is 3. The first-order valence-corrected chi connectivity index (χ1v) is 18.6. The number of morpholine rings is 1. The lowest BCUT2D eigenvalue weighted by molar-refractivity contribution is 0.0383. The summed E-state index contributed by atoms with van der Waals surface area (Å²) >= 11 is 3.78. The zero-order valence-corrected chi connectivity index (χ0v) is 30.6. The first-order valence-electron chi connectivity index (χ1n) is 17.5. The van der Waals surface area contributed by atoms with Gasteiger partial charge in [-0.05, 0) is 56.8 Å². The van der Waals surface area contributed by atoms with E-state index in [9.17, 15) is 4.79 Å². The fourth-order valence-corrected chi connectivity index (χ4v) is 7.75. The molecule has 6 rings (SSSR count). The maximum Gasteiger partial charge on any atom is 0.355 e. The molecule has 260 valence electrons. The smallest absolute Gasteiger partial charge is 0.355 e. The van der Waals surface area contributed by atoms with Crippen molar-refractivity contribution in [3.63, 3.8) is 0 Å². The summed E-state index contributed by atoms with van der Waals surface area (Å²) in [5.74, 6) is 0.600. The number of nitrogens with zero attached hydrogens (tertiary/aromatic N) is 4. The molecule has 2 aromatic heterocycles. The Hall–Kier alpha value is -3.70. The molecule has 1 fully saturated rings. The second kappa shape index (κ2) is 16.8. The zero-order chi connectivity index (χ0) is 34.2. The van der Waals surface area contributed by atoms with E-state index in [-0.39, 0.29) is 5.97 Å². The van der Waals surface area contributed by atoms with E-state index in [0.29, 0.717) is 37.2 Å². The van der Waals surface area contributed by atoms with E-state index < -0.39 is 0 Å². The first kappa shape index (κ1) is 35.1. The number of fused-ring (bicyclic) bond motifs is 2. The molecule has 0 atom stereocenters. The predicted octanol–water partition coefficient (Wildman–Crippen LogP) is 6.76. The van der Waals surface area contributed by atoms with Crippen LogP contribution in [-0.4, -0.2) is 84.9 Å². The number of aromatic nitrogens is 3. The van der Waals surface area contributed by atoms with Gasteiger partial charge in [0.25, 0.3) is 0 Å². The highest BCUT2D eigenvalue weighted by Gasteiger charge is 2.28. The van der Waals surface area contributed by atoms with E-state index in [1.54, 1.807) is 0 Å². The number of esters is 1. The highest BCUT2D eigenvalue weighted by Crippen LogP contribution is 2.39. The number of alkyl halides is 1. The molecule has 5 aromatic rings. The third-order valence-electron chi connectivity index (χ3n) is 9.45. The van der Waals surface area contributed by atoms with Crippen molar-refractivity contribution in [3.8, 4) is 16.9 Å². The molecule has 0 unspecified atom stereocenters. The van der Waals surface area contributed by atoms with Gasteiger partial charge < -0.3 is 24.1 Å². The topological polar surface area (TPSA) is 82.8 Å². The van der Waals surface area contributed by atoms with E-state index in [1.165, 1.54) is 0 Å². The van der Waals surface area contributed by atoms with Crippen LogP contribution in [-0.2, 0) is 41.2 Å². The number of ether oxygens (including phenoxy) is 3. The highest BCUT2D eigenvalue weighted by molar-refractivity contribution is 9.08. The Morgan fingerprint density at radius 1 is 0.980 bits per heavy atom. The van der Waals surface area contributed by atoms with Crippen molar-refractivity contribution in [1.29, 1.82) is 0 Å². The normalized spacial score (nSPS) is 13.8. The Balaban J connectivity index is 1.40. The Kier molecular flexibility index (Phi) is 12.1. The maximum atomic E-state index is 13.9. The van der Waals surface area contributed by atoms with Crippen molar-refractivity contribution in [2.24, 2.45) is 7.05 Å². The number of hydrogen-bond acceptors (Lipinski definition) is 7. The largest absolute Gasteiger partial charge is 0.493 e. The molecule has 0 spiro atoms. The number of aryl methyl sites for hydroxylation is 3. The summed E-state index contributed by atoms with van der Waals surface area (Å²) in [6.45, 7) is 8.57. The Morgan fingerprint density at radius 2 is 1.76 bits per heavy atom. The van der Waals surface area contributed by atoms with Gasteiger partial charge in [0.1, 0.15) is 11.4 Å². The molecule has 1 saturated heterocycles. The fraction of sp³-hybridized carbons (Fsp3) is 0.436. The van der Waals surface area contributed by atoms with Crippen LogP contribution in [0.4, 0.5) is 0 Å². The minimum absolute atomic E-state index is 0.279. The highest BCUT2D eigenvalue weighted by atomic mass is 79.9. The second-order valence-corrected chi connectivity index (χ2v) is 13.1. The maximum absolute atomic E-state index is 13.9. The summed E-state index contributed by atoms with van der Waals surface area (Å²) in [5.41, 5.74) is 7.16. The molecule has 3 heterocycles. The standard InChI is InChI=1S/C39H48BrN5O4/c1-4-48-39(46)38-31(16-9-24-49-35-17-7-12-28-11-5-6-13-29(28)35)30-14-8-15-32(37(30)45(38)20-10-19-41-2)36-33(42-43(3)34(36)27-40)18-21-44-22-25-47-26-23-44/h5-8,11-15,17,41H,4,9-10,16,18-27H2,1-3H3. The van der Waals surface area contributed by atoms with Gasteiger partial charge in [0.2, 0.25) is 0 Å². The van der Waals surface area contributed by atoms with Crippen LogP contribution >= 0.6 is 15.9 Å². The van der Waals surface area contributed by atoms with Gasteiger partial charge in [-0.3, -0.25) is 9.58 Å². The van der Waals surface area contributed by atoms with Crippen LogP contribution in [0.25, 0.3) is 32.8 Å². The first-order chi connectivity index (χ1) is 24.0. The number of halogens is 1. The van der Waals surface area contributed by atoms with Crippen LogP contribution in [0.2, 0.25) is 0 Å². The number of carbonyl (C=O) groups excluding carboxylic acids is 1. The van der Waals surface area contributed by atoms with E-state index >= 15 is 0 Å². The van der Waals surface area contributed by atoms with E-state index in [0.717, 1.165) is 114 Å². The van der Waals surface area contributed by atoms with Gasteiger partial charge in [-0.25, -0.2) is 4.79 Å². The lowest BCUT2D eigenvalue weighted by Crippen LogP contribution is -2.37. The molecule has 3 aromatic carbocycles. The Labute approximate surface area is 297 Å². The Morgan fingerprint density at radius 3 is 2.55 bits per heavy atom. The summed E-state index contributed by atoms with van der Waals surface area (Å²) in [4.78, 5) is 16.3. The van der Waals surface area contributed by atoms with Crippen molar-refractivity contribution in [2.45, 2.75) is 44.5 Å². The van der Waals surface area contributed by atoms with Gasteiger partial charge in [-0.15, -0.1) is 0 Å². The average Bonchev–Trinajstić information content (AvgIpc) is 3.63. The molecule has 9 nitrogen and oxygen atoms in total. The molecule has 0 bridgehead atoms. The second-order valence-electron chi connectivity index (χ2n) is 12.5. The van der Waals surface area contributed by atoms with Gasteiger partial charge in [0, 0.05) is 66.9 Å². The Bertz CT molecular complexity index is 1870. The van der Waals surface area contributed by atoms with Crippen molar-refractivity contribution < 1.29 is 19.0 Å². The number of hydrogen-bond donors (Lipinski definition) is 1. The molecule has 49 heavy (non-hydrogen) atoms. The minimum atomic E-state index is -0.279. The molecule has 1 N–H and O–H groups in total. The zero-order valence-electron chi connectivity index (χ0n) is 29.0. The van der Waals surface area contributed by atoms with Crippen molar-refractivity contribution in [1.82, 2.24) is 24.6 Å². The van der Waals surface area contributed by atoms with Gasteiger partial charge in [-0.1, -0.05) is 70.5 Å². The summed E-state index contributed by atoms with van der Waals surface area (Å²) in [5, 5.41) is 12.4. The van der Waals surface area contributed by atoms with Crippen molar-refractivity contribution in [3.05, 3.63) is 83.3 Å². The average molecular weight is 731 g/mol. The molecule has 10 heteroatoms. The lowest BCUT2D eigenvalue weighted by Gasteiger charge is -2.26. The summed E-state index contributed by atoms with van der Waals surface area (Å²) in [7, 11) is 3.99. The molecular weight excluding hydrogens is 682 g/mol. The molecule has 1 aliphatic rings. The molecule has 1 aliphatic heterocycles. The van der Waals surface area contributed by atoms with Crippen LogP contribution in [0.1, 0.15) is 47.2 Å². The van der Waals surface area contributed by atoms with Crippen molar-refractivity contribution >= 4 is 43.6 Å². The fourth-order valence-electron chi connectivity index (χ4n) is 7.11. The van der Waals surface area contributed by atoms with E-state index in [1.807, 2.05) is 50.0 Å². The molecule has 0 amide bonds. The predicted molar refractivity (Wildman–Crippen MR) is 200 cm³/mol. The van der Waals surface area contributed by atoms with Gasteiger partial charge in [0.15, 0.2) is 0 Å². The van der Waals surface area contributed by atoms with E-state index in [4.69, 9.17) is 19.3 Å². The summed E-state index contributed by atoms with van der Waals surface area (Å²) in [6.07, 6.45) is 3.13. The van der Waals surface area contributed by atoms with Crippen LogP contribution in [0.15, 0.2) is 60.7 Å². The quantitative estimate of drug-likeness (QED) is 0.0683. The third-order valence-corrected chi connectivity index (χ3v) is 9.98. The molecular formula is C39H48BrN5O4. The molecule has 0 aliphatic carbocycles. The minimum Gasteiger partial charge on any atom is -0.493 e. The van der Waals surface area contributed by atoms with Crippen molar-refractivity contribution in [2.75, 3.05) is 59.7 Å². The summed E-state index contributed by atoms with van der Waals surface area (Å²) < 4.78 is 21.9. The van der Waals surface area contributed by atoms with Gasteiger partial charge >= 0.3 is 5.97 Å². The number of carbonyl (C=O) groups is 1. The van der Waals surface area contributed by atoms with Crippen LogP contribution < -0.4 is 10.1 Å². The van der Waals surface area contributed by atoms with Gasteiger partial charge in [-0.2, -0.15) is 5.10 Å². The molecule has 0 radical (unpaired) electrons. The third kappa shape index (κ3) is 7.72. The lowest BCUT2D eigenvalue weighted by atomic mass is 9.97. The summed E-state index contributed by atoms with van der Waals surface area (Å²) in [6, 6.07) is 20.9. The SMILES string of the molecule is CCOC(=O)c1c(CCCOc2cccc3ccccc23)c2cccc(-c3c(CCN4CCOCC4)nn(C)c3CBr)c2n1CCCNC. The molecule has 0 saturated carbocycles. The van der Waals surface area contributed by atoms with Crippen LogP contribution in [0, 0.1) is 0 Å². The van der Waals surface area contributed by atoms with Gasteiger partial charge in [0.05, 0.1) is 43.3 Å². The van der Waals surface area contributed by atoms with Crippen LogP contribution in [0.3, 0.4) is 0 Å². The number of rotatable bonds is 16. The monoisotopic (exact) mass is 729 g/mol. The number of para-hydroxylation sites is 1.